The minimum absolute atomic E-state index is 0.124. The summed E-state index contributed by atoms with van der Waals surface area (Å²) in [6, 6.07) is 5.67. The third-order valence-electron chi connectivity index (χ3n) is 2.33. The summed E-state index contributed by atoms with van der Waals surface area (Å²) in [5.74, 6) is -0.138. The molecule has 0 aliphatic heterocycles. The highest BCUT2D eigenvalue weighted by atomic mass is 16.5. The minimum atomic E-state index is -0.879. The maximum atomic E-state index is 11.8. The predicted molar refractivity (Wildman–Crippen MR) is 61.9 cm³/mol. The van der Waals surface area contributed by atoms with Crippen LogP contribution in [-0.4, -0.2) is 32.0 Å². The SMILES string of the molecule is COC(=O)CC(N)C(=O)c1ccc(OC)cc1. The Kier molecular flexibility index (Phi) is 4.66. The molecule has 0 radical (unpaired) electrons. The lowest BCUT2D eigenvalue weighted by Crippen LogP contribution is -2.33. The van der Waals surface area contributed by atoms with Crippen LogP contribution in [0.3, 0.4) is 0 Å². The van der Waals surface area contributed by atoms with E-state index in [2.05, 4.69) is 4.74 Å². The monoisotopic (exact) mass is 237 g/mol. The minimum Gasteiger partial charge on any atom is -0.497 e. The van der Waals surface area contributed by atoms with E-state index in [0.29, 0.717) is 11.3 Å². The van der Waals surface area contributed by atoms with E-state index in [-0.39, 0.29) is 12.2 Å². The second-order valence-electron chi connectivity index (χ2n) is 3.48. The van der Waals surface area contributed by atoms with Gasteiger partial charge in [-0.3, -0.25) is 9.59 Å². The summed E-state index contributed by atoms with van der Waals surface area (Å²) >= 11 is 0. The van der Waals surface area contributed by atoms with Crippen molar-refractivity contribution >= 4 is 11.8 Å². The standard InChI is InChI=1S/C12H15NO4/c1-16-9-5-3-8(4-6-9)12(15)10(13)7-11(14)17-2/h3-6,10H,7,13H2,1-2H3. The second-order valence-corrected chi connectivity index (χ2v) is 3.48. The maximum Gasteiger partial charge on any atom is 0.307 e. The van der Waals surface area contributed by atoms with Crippen molar-refractivity contribution in [3.63, 3.8) is 0 Å². The number of esters is 1. The summed E-state index contributed by atoms with van der Waals surface area (Å²) in [6.45, 7) is 0. The molecule has 0 aliphatic carbocycles. The van der Waals surface area contributed by atoms with Gasteiger partial charge in [0.05, 0.1) is 26.7 Å². The highest BCUT2D eigenvalue weighted by Crippen LogP contribution is 2.13. The molecule has 0 saturated heterocycles. The van der Waals surface area contributed by atoms with Gasteiger partial charge < -0.3 is 15.2 Å². The van der Waals surface area contributed by atoms with E-state index in [4.69, 9.17) is 10.5 Å². The highest BCUT2D eigenvalue weighted by molar-refractivity contribution is 6.01. The Hall–Kier alpha value is -1.88. The summed E-state index contributed by atoms with van der Waals surface area (Å²) in [5, 5.41) is 0. The molecule has 17 heavy (non-hydrogen) atoms. The molecule has 92 valence electrons. The molecule has 1 unspecified atom stereocenters. The van der Waals surface area contributed by atoms with Gasteiger partial charge in [0.15, 0.2) is 5.78 Å². The number of nitrogens with two attached hydrogens (primary N) is 1. The number of ether oxygens (including phenoxy) is 2. The molecule has 0 spiro atoms. The average Bonchev–Trinajstić information content (AvgIpc) is 2.37. The Balaban J connectivity index is 2.71. The van der Waals surface area contributed by atoms with Crippen LogP contribution in [0.2, 0.25) is 0 Å². The second kappa shape index (κ2) is 6.00. The van der Waals surface area contributed by atoms with E-state index in [1.165, 1.54) is 7.11 Å². The van der Waals surface area contributed by atoms with E-state index in [1.54, 1.807) is 31.4 Å². The maximum absolute atomic E-state index is 11.8. The zero-order valence-corrected chi connectivity index (χ0v) is 9.80. The third kappa shape index (κ3) is 3.57. The van der Waals surface area contributed by atoms with Crippen LogP contribution in [0.25, 0.3) is 0 Å². The fraction of sp³-hybridized carbons (Fsp3) is 0.333. The molecule has 0 aromatic heterocycles. The summed E-state index contributed by atoms with van der Waals surface area (Å²) in [7, 11) is 2.80. The van der Waals surface area contributed by atoms with Crippen molar-refractivity contribution in [3.8, 4) is 5.75 Å². The van der Waals surface area contributed by atoms with E-state index in [9.17, 15) is 9.59 Å². The molecule has 0 saturated carbocycles. The molecular formula is C12H15NO4. The van der Waals surface area contributed by atoms with Gasteiger partial charge in [-0.15, -0.1) is 0 Å². The predicted octanol–water partition coefficient (Wildman–Crippen LogP) is 0.768. The molecule has 1 rings (SSSR count). The molecule has 0 fully saturated rings. The number of ketones is 1. The van der Waals surface area contributed by atoms with E-state index < -0.39 is 12.0 Å². The largest absolute Gasteiger partial charge is 0.497 e. The molecule has 0 heterocycles. The van der Waals surface area contributed by atoms with Crippen LogP contribution in [0.4, 0.5) is 0 Å². The topological polar surface area (TPSA) is 78.6 Å². The van der Waals surface area contributed by atoms with Crippen LogP contribution < -0.4 is 10.5 Å². The Labute approximate surface area is 99.5 Å². The number of carbonyl (C=O) groups is 2. The van der Waals surface area contributed by atoms with Gasteiger partial charge >= 0.3 is 5.97 Å². The van der Waals surface area contributed by atoms with Crippen molar-refractivity contribution in [1.82, 2.24) is 0 Å². The van der Waals surface area contributed by atoms with E-state index in [1.807, 2.05) is 0 Å². The summed E-state index contributed by atoms with van der Waals surface area (Å²) in [6.07, 6.45) is -0.124. The number of methoxy groups -OCH3 is 2. The van der Waals surface area contributed by atoms with Crippen LogP contribution >= 0.6 is 0 Å². The zero-order valence-electron chi connectivity index (χ0n) is 9.80. The van der Waals surface area contributed by atoms with Crippen LogP contribution in [0.15, 0.2) is 24.3 Å². The van der Waals surface area contributed by atoms with Gasteiger partial charge in [-0.05, 0) is 24.3 Å². The smallest absolute Gasteiger partial charge is 0.307 e. The number of hydrogen-bond acceptors (Lipinski definition) is 5. The van der Waals surface area contributed by atoms with Crippen LogP contribution in [0, 0.1) is 0 Å². The van der Waals surface area contributed by atoms with Gasteiger partial charge in [-0.25, -0.2) is 0 Å². The lowest BCUT2D eigenvalue weighted by Gasteiger charge is -2.09. The molecule has 1 aromatic carbocycles. The van der Waals surface area contributed by atoms with Gasteiger partial charge in [0.25, 0.3) is 0 Å². The highest BCUT2D eigenvalue weighted by Gasteiger charge is 2.19. The van der Waals surface area contributed by atoms with Crippen LogP contribution in [-0.2, 0) is 9.53 Å². The zero-order chi connectivity index (χ0) is 12.8. The van der Waals surface area contributed by atoms with Crippen molar-refractivity contribution < 1.29 is 19.1 Å². The van der Waals surface area contributed by atoms with Gasteiger partial charge in [-0.2, -0.15) is 0 Å². The van der Waals surface area contributed by atoms with Gasteiger partial charge in [0.1, 0.15) is 5.75 Å². The summed E-state index contributed by atoms with van der Waals surface area (Å²) in [5.41, 5.74) is 6.06. The molecule has 5 heteroatoms. The Morgan fingerprint density at radius 2 is 1.82 bits per heavy atom. The van der Waals surface area contributed by atoms with E-state index >= 15 is 0 Å². The third-order valence-corrected chi connectivity index (χ3v) is 2.33. The van der Waals surface area contributed by atoms with Crippen LogP contribution in [0.1, 0.15) is 16.8 Å². The summed E-state index contributed by atoms with van der Waals surface area (Å²) in [4.78, 5) is 22.8. The van der Waals surface area contributed by atoms with Crippen molar-refractivity contribution in [3.05, 3.63) is 29.8 Å². The lowest BCUT2D eigenvalue weighted by atomic mass is 10.0. The first-order valence-corrected chi connectivity index (χ1v) is 5.09. The molecule has 0 amide bonds. The Morgan fingerprint density at radius 1 is 1.24 bits per heavy atom. The lowest BCUT2D eigenvalue weighted by molar-refractivity contribution is -0.140. The van der Waals surface area contributed by atoms with Crippen LogP contribution in [0.5, 0.6) is 5.75 Å². The number of Topliss-reactive ketones (excluding diaryl/α,β-unsaturated/α-hetero) is 1. The normalized spacial score (nSPS) is 11.7. The van der Waals surface area contributed by atoms with Crippen molar-refractivity contribution in [2.75, 3.05) is 14.2 Å². The van der Waals surface area contributed by atoms with Gasteiger partial charge in [-0.1, -0.05) is 0 Å². The molecule has 5 nitrogen and oxygen atoms in total. The van der Waals surface area contributed by atoms with Crippen molar-refractivity contribution in [1.29, 1.82) is 0 Å². The quantitative estimate of drug-likeness (QED) is 0.604. The fourth-order valence-electron chi connectivity index (χ4n) is 1.32. The van der Waals surface area contributed by atoms with Gasteiger partial charge in [0, 0.05) is 5.56 Å². The molecule has 0 aliphatic rings. The van der Waals surface area contributed by atoms with Crippen molar-refractivity contribution in [2.24, 2.45) is 5.73 Å². The first-order chi connectivity index (χ1) is 8.08. The first kappa shape index (κ1) is 13.2. The number of carbonyl (C=O) groups excluding carboxylic acids is 2. The molecule has 2 N–H and O–H groups in total. The Morgan fingerprint density at radius 3 is 2.29 bits per heavy atom. The summed E-state index contributed by atoms with van der Waals surface area (Å²) < 4.78 is 9.43. The number of rotatable bonds is 5. The fourth-order valence-corrected chi connectivity index (χ4v) is 1.32. The first-order valence-electron chi connectivity index (χ1n) is 5.09. The van der Waals surface area contributed by atoms with E-state index in [0.717, 1.165) is 0 Å². The molecule has 1 atom stereocenters. The number of hydrogen-bond donors (Lipinski definition) is 1. The van der Waals surface area contributed by atoms with Gasteiger partial charge in [0.2, 0.25) is 0 Å². The molecule has 0 bridgehead atoms. The van der Waals surface area contributed by atoms with Crippen molar-refractivity contribution in [2.45, 2.75) is 12.5 Å². The number of benzene rings is 1. The average molecular weight is 237 g/mol. The molecule has 1 aromatic rings. The molecular weight excluding hydrogens is 222 g/mol. The Bertz CT molecular complexity index is 399.